The molecule has 0 atom stereocenters. The third kappa shape index (κ3) is 4.17. The molecule has 1 aliphatic rings. The van der Waals surface area contributed by atoms with Crippen molar-refractivity contribution in [3.05, 3.63) is 0 Å². The number of rotatable bonds is 4. The Hall–Kier alpha value is -1.31. The van der Waals surface area contributed by atoms with Gasteiger partial charge in [0.2, 0.25) is 5.91 Å². The van der Waals surface area contributed by atoms with E-state index in [0.29, 0.717) is 0 Å². The number of aliphatic carboxylic acids is 1. The third-order valence-electron chi connectivity index (χ3n) is 2.77. The number of carboxylic acid groups (broad SMARTS) is 1. The van der Waals surface area contributed by atoms with Crippen molar-refractivity contribution in [1.29, 1.82) is 0 Å². The molecular formula is C10H14F3NO4. The number of alkyl halides is 3. The van der Waals surface area contributed by atoms with E-state index in [-0.39, 0.29) is 26.1 Å². The first-order valence-electron chi connectivity index (χ1n) is 5.44. The van der Waals surface area contributed by atoms with Crippen molar-refractivity contribution in [3.63, 3.8) is 0 Å². The zero-order valence-electron chi connectivity index (χ0n) is 9.55. The molecule has 8 heteroatoms. The zero-order valence-corrected chi connectivity index (χ0v) is 9.55. The van der Waals surface area contributed by atoms with Crippen LogP contribution >= 0.6 is 0 Å². The first kappa shape index (κ1) is 14.7. The fraction of sp³-hybridized carbons (Fsp3) is 0.800. The highest BCUT2D eigenvalue weighted by Crippen LogP contribution is 2.24. The predicted molar refractivity (Wildman–Crippen MR) is 53.9 cm³/mol. The average molecular weight is 269 g/mol. The number of carbonyl (C=O) groups excluding carboxylic acids is 1. The van der Waals surface area contributed by atoms with Crippen molar-refractivity contribution in [2.24, 2.45) is 0 Å². The van der Waals surface area contributed by atoms with Crippen LogP contribution in [0.4, 0.5) is 13.2 Å². The lowest BCUT2D eigenvalue weighted by Crippen LogP contribution is -2.57. The number of carboxylic acids is 1. The molecule has 5 nitrogen and oxygen atoms in total. The van der Waals surface area contributed by atoms with Crippen molar-refractivity contribution in [2.45, 2.75) is 37.4 Å². The van der Waals surface area contributed by atoms with E-state index in [1.807, 2.05) is 0 Å². The second kappa shape index (κ2) is 5.55. The summed E-state index contributed by atoms with van der Waals surface area (Å²) in [6.07, 6.45) is -6.34. The molecule has 2 N–H and O–H groups in total. The Morgan fingerprint density at radius 3 is 2.28 bits per heavy atom. The molecular weight excluding hydrogens is 255 g/mol. The number of halogens is 3. The molecule has 104 valence electrons. The van der Waals surface area contributed by atoms with Gasteiger partial charge in [-0.25, -0.2) is 4.79 Å². The van der Waals surface area contributed by atoms with Crippen LogP contribution in [0.5, 0.6) is 0 Å². The molecule has 1 amide bonds. The number of hydrogen-bond acceptors (Lipinski definition) is 3. The third-order valence-corrected chi connectivity index (χ3v) is 2.77. The van der Waals surface area contributed by atoms with Crippen LogP contribution in [0.3, 0.4) is 0 Å². The Morgan fingerprint density at radius 1 is 1.28 bits per heavy atom. The van der Waals surface area contributed by atoms with E-state index >= 15 is 0 Å². The highest BCUT2D eigenvalue weighted by Gasteiger charge is 2.42. The van der Waals surface area contributed by atoms with Crippen molar-refractivity contribution in [2.75, 3.05) is 13.2 Å². The Labute approximate surface area is 101 Å². The molecule has 0 aromatic heterocycles. The first-order chi connectivity index (χ1) is 8.25. The summed E-state index contributed by atoms with van der Waals surface area (Å²) in [5.74, 6) is -2.15. The Balaban J connectivity index is 2.56. The van der Waals surface area contributed by atoms with Crippen LogP contribution in [0.15, 0.2) is 0 Å². The molecule has 0 aromatic rings. The van der Waals surface area contributed by atoms with Crippen LogP contribution in [-0.2, 0) is 14.3 Å². The van der Waals surface area contributed by atoms with Crippen LogP contribution in [0.1, 0.15) is 25.7 Å². The smallest absolute Gasteiger partial charge is 0.389 e. The monoisotopic (exact) mass is 269 g/mol. The number of hydrogen-bond donors (Lipinski definition) is 2. The van der Waals surface area contributed by atoms with Gasteiger partial charge in [-0.1, -0.05) is 0 Å². The van der Waals surface area contributed by atoms with Gasteiger partial charge in [0.15, 0.2) is 0 Å². The molecule has 1 aliphatic heterocycles. The predicted octanol–water partition coefficient (Wildman–Crippen LogP) is 1.08. The van der Waals surface area contributed by atoms with Gasteiger partial charge in [-0.15, -0.1) is 0 Å². The molecule has 0 aliphatic carbocycles. The van der Waals surface area contributed by atoms with Crippen LogP contribution in [0, 0.1) is 0 Å². The number of ether oxygens (including phenoxy) is 1. The topological polar surface area (TPSA) is 75.6 Å². The number of carbonyl (C=O) groups is 2. The van der Waals surface area contributed by atoms with E-state index in [9.17, 15) is 22.8 Å². The average Bonchev–Trinajstić information content (AvgIpc) is 2.26. The Kier molecular flexibility index (Phi) is 4.55. The molecule has 1 heterocycles. The quantitative estimate of drug-likeness (QED) is 0.800. The SMILES string of the molecule is O=C(CCC(F)(F)F)NC1(C(=O)O)CCOCC1. The maximum atomic E-state index is 11.9. The van der Waals surface area contributed by atoms with Gasteiger partial charge in [0.25, 0.3) is 0 Å². The summed E-state index contributed by atoms with van der Waals surface area (Å²) in [5, 5.41) is 11.3. The lowest BCUT2D eigenvalue weighted by atomic mass is 9.90. The first-order valence-corrected chi connectivity index (χ1v) is 5.44. The Morgan fingerprint density at radius 2 is 1.83 bits per heavy atom. The summed E-state index contributed by atoms with van der Waals surface area (Å²) in [4.78, 5) is 22.5. The molecule has 0 spiro atoms. The minimum absolute atomic E-state index is 0.0556. The highest BCUT2D eigenvalue weighted by atomic mass is 19.4. The minimum Gasteiger partial charge on any atom is -0.480 e. The highest BCUT2D eigenvalue weighted by molar-refractivity contribution is 5.87. The summed E-state index contributed by atoms with van der Waals surface area (Å²) in [5.41, 5.74) is -1.50. The van der Waals surface area contributed by atoms with E-state index in [0.717, 1.165) is 0 Å². The van der Waals surface area contributed by atoms with Gasteiger partial charge >= 0.3 is 12.1 Å². The Bertz CT molecular complexity index is 324. The molecule has 0 aromatic carbocycles. The molecule has 1 rings (SSSR count). The summed E-state index contributed by atoms with van der Waals surface area (Å²) >= 11 is 0. The fourth-order valence-corrected chi connectivity index (χ4v) is 1.70. The zero-order chi connectivity index (χ0) is 13.8. The second-order valence-electron chi connectivity index (χ2n) is 4.16. The molecule has 0 unspecified atom stereocenters. The largest absolute Gasteiger partial charge is 0.480 e. The standard InChI is InChI=1S/C10H14F3NO4/c11-10(12,13)2-1-7(15)14-9(8(16)17)3-5-18-6-4-9/h1-6H2,(H,14,15)(H,16,17). The van der Waals surface area contributed by atoms with Crippen LogP contribution in [-0.4, -0.2) is 41.9 Å². The summed E-state index contributed by atoms with van der Waals surface area (Å²) in [6, 6.07) is 0. The van der Waals surface area contributed by atoms with Crippen molar-refractivity contribution >= 4 is 11.9 Å². The molecule has 1 fully saturated rings. The molecule has 18 heavy (non-hydrogen) atoms. The van der Waals surface area contributed by atoms with E-state index in [4.69, 9.17) is 9.84 Å². The summed E-state index contributed by atoms with van der Waals surface area (Å²) in [7, 11) is 0. The van der Waals surface area contributed by atoms with Crippen LogP contribution in [0.25, 0.3) is 0 Å². The maximum absolute atomic E-state index is 11.9. The van der Waals surface area contributed by atoms with Crippen LogP contribution in [0.2, 0.25) is 0 Å². The van der Waals surface area contributed by atoms with E-state index in [1.165, 1.54) is 0 Å². The molecule has 1 saturated heterocycles. The van der Waals surface area contributed by atoms with Gasteiger partial charge in [-0.2, -0.15) is 13.2 Å². The fourth-order valence-electron chi connectivity index (χ4n) is 1.70. The number of nitrogens with one attached hydrogen (secondary N) is 1. The van der Waals surface area contributed by atoms with Crippen molar-refractivity contribution < 1.29 is 32.6 Å². The minimum atomic E-state index is -4.43. The van der Waals surface area contributed by atoms with Crippen molar-refractivity contribution in [3.8, 4) is 0 Å². The normalized spacial score (nSPS) is 19.3. The molecule has 0 bridgehead atoms. The van der Waals surface area contributed by atoms with Crippen LogP contribution < -0.4 is 5.32 Å². The van der Waals surface area contributed by atoms with Gasteiger partial charge in [-0.3, -0.25) is 4.79 Å². The van der Waals surface area contributed by atoms with E-state index < -0.39 is 36.4 Å². The van der Waals surface area contributed by atoms with E-state index in [2.05, 4.69) is 5.32 Å². The lowest BCUT2D eigenvalue weighted by molar-refractivity contribution is -0.154. The van der Waals surface area contributed by atoms with E-state index in [1.54, 1.807) is 0 Å². The van der Waals surface area contributed by atoms with Gasteiger partial charge < -0.3 is 15.2 Å². The molecule has 0 saturated carbocycles. The summed E-state index contributed by atoms with van der Waals surface area (Å²) in [6.45, 7) is 0.317. The maximum Gasteiger partial charge on any atom is 0.389 e. The second-order valence-corrected chi connectivity index (χ2v) is 4.16. The summed E-state index contributed by atoms with van der Waals surface area (Å²) < 4.78 is 40.8. The van der Waals surface area contributed by atoms with Gasteiger partial charge in [-0.05, 0) is 0 Å². The molecule has 0 radical (unpaired) electrons. The van der Waals surface area contributed by atoms with Gasteiger partial charge in [0.05, 0.1) is 6.42 Å². The van der Waals surface area contributed by atoms with Gasteiger partial charge in [0, 0.05) is 32.5 Å². The van der Waals surface area contributed by atoms with Crippen molar-refractivity contribution in [1.82, 2.24) is 5.32 Å². The number of amides is 1. The van der Waals surface area contributed by atoms with Gasteiger partial charge in [0.1, 0.15) is 5.54 Å². The lowest BCUT2D eigenvalue weighted by Gasteiger charge is -2.33.